The molecule has 0 radical (unpaired) electrons. The smallest absolute Gasteiger partial charge is 0.187 e. The minimum Gasteiger partial charge on any atom is -0.493 e. The lowest BCUT2D eigenvalue weighted by Crippen LogP contribution is -2.20. The van der Waals surface area contributed by atoms with Crippen molar-refractivity contribution in [3.8, 4) is 11.5 Å². The fourth-order valence-corrected chi connectivity index (χ4v) is 3.86. The molecule has 1 aliphatic rings. The molecule has 0 spiro atoms. The molecule has 2 aromatic rings. The summed E-state index contributed by atoms with van der Waals surface area (Å²) >= 11 is 1.67. The van der Waals surface area contributed by atoms with Crippen molar-refractivity contribution in [1.82, 2.24) is 14.9 Å². The van der Waals surface area contributed by atoms with Gasteiger partial charge >= 0.3 is 0 Å². The van der Waals surface area contributed by atoms with Gasteiger partial charge in [-0.2, -0.15) is 0 Å². The third-order valence-electron chi connectivity index (χ3n) is 4.51. The maximum atomic E-state index is 5.60. The lowest BCUT2D eigenvalue weighted by atomic mass is 9.97. The summed E-state index contributed by atoms with van der Waals surface area (Å²) in [5.41, 5.74) is 2.40. The zero-order valence-electron chi connectivity index (χ0n) is 15.1. The lowest BCUT2D eigenvalue weighted by molar-refractivity contribution is 0.322. The first kappa shape index (κ1) is 18.0. The van der Waals surface area contributed by atoms with Gasteiger partial charge in [0, 0.05) is 42.5 Å². The van der Waals surface area contributed by atoms with Crippen LogP contribution in [0.15, 0.2) is 35.7 Å². The first-order valence-corrected chi connectivity index (χ1v) is 9.60. The van der Waals surface area contributed by atoms with Gasteiger partial charge in [0.15, 0.2) is 16.7 Å². The second kappa shape index (κ2) is 8.54. The Morgan fingerprint density at radius 1 is 1.20 bits per heavy atom. The van der Waals surface area contributed by atoms with Gasteiger partial charge in [-0.25, -0.2) is 9.97 Å². The van der Waals surface area contributed by atoms with Crippen molar-refractivity contribution < 1.29 is 9.47 Å². The molecule has 1 fully saturated rings. The second-order valence-electron chi connectivity index (χ2n) is 6.11. The molecule has 0 N–H and O–H groups in total. The van der Waals surface area contributed by atoms with E-state index in [1.807, 2.05) is 24.5 Å². The van der Waals surface area contributed by atoms with Crippen molar-refractivity contribution >= 4 is 11.8 Å². The molecule has 25 heavy (non-hydrogen) atoms. The van der Waals surface area contributed by atoms with E-state index in [-0.39, 0.29) is 0 Å². The van der Waals surface area contributed by atoms with Crippen LogP contribution in [-0.2, 0) is 6.54 Å². The first-order chi connectivity index (χ1) is 12.2. The third-order valence-corrected chi connectivity index (χ3v) is 5.26. The van der Waals surface area contributed by atoms with Gasteiger partial charge in [0.25, 0.3) is 0 Å². The van der Waals surface area contributed by atoms with E-state index in [1.54, 1.807) is 26.0 Å². The first-order valence-electron chi connectivity index (χ1n) is 8.62. The number of hydrogen-bond acceptors (Lipinski definition) is 6. The van der Waals surface area contributed by atoms with Crippen LogP contribution in [0.3, 0.4) is 0 Å². The van der Waals surface area contributed by atoms with Gasteiger partial charge in [-0.15, -0.1) is 0 Å². The summed E-state index contributed by atoms with van der Waals surface area (Å²) in [6, 6.07) is 6.13. The number of hydrogen-bond donors (Lipinski definition) is 0. The summed E-state index contributed by atoms with van der Waals surface area (Å²) < 4.78 is 11.0. The maximum absolute atomic E-state index is 5.60. The van der Waals surface area contributed by atoms with Gasteiger partial charge < -0.3 is 9.47 Å². The number of benzene rings is 1. The zero-order valence-corrected chi connectivity index (χ0v) is 15.9. The lowest BCUT2D eigenvalue weighted by Gasteiger charge is -2.18. The molecule has 6 heteroatoms. The molecule has 5 nitrogen and oxygen atoms in total. The second-order valence-corrected chi connectivity index (χ2v) is 7.34. The summed E-state index contributed by atoms with van der Waals surface area (Å²) in [5, 5.41) is 0.853. The zero-order chi connectivity index (χ0) is 17.6. The van der Waals surface area contributed by atoms with Gasteiger partial charge in [-0.05, 0) is 24.8 Å². The monoisotopic (exact) mass is 359 g/mol. The predicted octanol–water partition coefficient (Wildman–Crippen LogP) is 3.60. The molecule has 0 aliphatic carbocycles. The minimum atomic E-state index is 0.459. The number of methoxy groups -OCH3 is 2. The average Bonchev–Trinajstić information content (AvgIpc) is 3.11. The highest BCUT2D eigenvalue weighted by atomic mass is 32.2. The van der Waals surface area contributed by atoms with Gasteiger partial charge in [0.05, 0.1) is 14.2 Å². The van der Waals surface area contributed by atoms with Crippen molar-refractivity contribution in [2.24, 2.45) is 0 Å². The Morgan fingerprint density at radius 2 is 2.00 bits per heavy atom. The molecule has 3 rings (SSSR count). The van der Waals surface area contributed by atoms with Crippen LogP contribution in [0, 0.1) is 0 Å². The Morgan fingerprint density at radius 3 is 2.68 bits per heavy atom. The molecule has 1 saturated heterocycles. The highest BCUT2D eigenvalue weighted by molar-refractivity contribution is 7.99. The van der Waals surface area contributed by atoms with Crippen molar-refractivity contribution in [1.29, 1.82) is 0 Å². The number of thioether (sulfide) groups is 1. The summed E-state index contributed by atoms with van der Waals surface area (Å²) in [6.45, 7) is 5.07. The van der Waals surface area contributed by atoms with Gasteiger partial charge in [-0.1, -0.05) is 30.8 Å². The fourth-order valence-electron chi connectivity index (χ4n) is 3.35. The van der Waals surface area contributed by atoms with Crippen molar-refractivity contribution in [2.75, 3.05) is 33.1 Å². The molecule has 1 atom stereocenters. The minimum absolute atomic E-state index is 0.459. The molecule has 0 amide bonds. The number of para-hydroxylation sites is 1. The molecule has 1 aromatic heterocycles. The normalized spacial score (nSPS) is 17.6. The van der Waals surface area contributed by atoms with E-state index in [4.69, 9.17) is 9.47 Å². The Hall–Kier alpha value is -1.79. The third kappa shape index (κ3) is 4.25. The average molecular weight is 359 g/mol. The van der Waals surface area contributed by atoms with E-state index >= 15 is 0 Å². The SMILES string of the molecule is CCSc1ncc(CN2CC[C@@H](c3cccc(OC)c3OC)C2)cn1. The quantitative estimate of drug-likeness (QED) is 0.556. The summed E-state index contributed by atoms with van der Waals surface area (Å²) in [4.78, 5) is 11.3. The largest absolute Gasteiger partial charge is 0.493 e. The van der Waals surface area contributed by atoms with Gasteiger partial charge in [0.2, 0.25) is 0 Å². The van der Waals surface area contributed by atoms with Crippen LogP contribution in [0.4, 0.5) is 0 Å². The van der Waals surface area contributed by atoms with Crippen molar-refractivity contribution in [3.05, 3.63) is 41.7 Å². The molecule has 134 valence electrons. The van der Waals surface area contributed by atoms with E-state index in [0.717, 1.165) is 48.5 Å². The molecular weight excluding hydrogens is 334 g/mol. The van der Waals surface area contributed by atoms with Crippen LogP contribution in [0.2, 0.25) is 0 Å². The van der Waals surface area contributed by atoms with E-state index in [9.17, 15) is 0 Å². The van der Waals surface area contributed by atoms with Crippen LogP contribution in [0.25, 0.3) is 0 Å². The number of rotatable bonds is 7. The highest BCUT2D eigenvalue weighted by Gasteiger charge is 2.27. The fraction of sp³-hybridized carbons (Fsp3) is 0.474. The summed E-state index contributed by atoms with van der Waals surface area (Å²) in [7, 11) is 3.39. The molecule has 0 bridgehead atoms. The molecule has 0 unspecified atom stereocenters. The van der Waals surface area contributed by atoms with Crippen LogP contribution in [-0.4, -0.2) is 47.9 Å². The summed E-state index contributed by atoms with van der Waals surface area (Å²) in [6.07, 6.45) is 5.02. The molecule has 0 saturated carbocycles. The van der Waals surface area contributed by atoms with Gasteiger partial charge in [0.1, 0.15) is 0 Å². The maximum Gasteiger partial charge on any atom is 0.187 e. The Labute approximate surface area is 153 Å². The molecule has 1 aromatic carbocycles. The summed E-state index contributed by atoms with van der Waals surface area (Å²) in [5.74, 6) is 3.12. The van der Waals surface area contributed by atoms with Crippen molar-refractivity contribution in [3.63, 3.8) is 0 Å². The Kier molecular flexibility index (Phi) is 6.15. The molecule has 2 heterocycles. The molecule has 1 aliphatic heterocycles. The van der Waals surface area contributed by atoms with E-state index in [0.29, 0.717) is 5.92 Å². The van der Waals surface area contributed by atoms with Crippen LogP contribution in [0.1, 0.15) is 30.4 Å². The topological polar surface area (TPSA) is 47.5 Å². The Bertz CT molecular complexity index is 694. The molecular formula is C19H25N3O2S. The number of aromatic nitrogens is 2. The van der Waals surface area contributed by atoms with Gasteiger partial charge in [-0.3, -0.25) is 4.90 Å². The van der Waals surface area contributed by atoms with E-state index in [1.165, 1.54) is 11.1 Å². The van der Waals surface area contributed by atoms with E-state index in [2.05, 4.69) is 27.9 Å². The number of nitrogens with zero attached hydrogens (tertiary/aromatic N) is 3. The highest BCUT2D eigenvalue weighted by Crippen LogP contribution is 2.39. The van der Waals surface area contributed by atoms with E-state index < -0.39 is 0 Å². The predicted molar refractivity (Wildman–Crippen MR) is 101 cm³/mol. The van der Waals surface area contributed by atoms with Crippen molar-refractivity contribution in [2.45, 2.75) is 31.0 Å². The Balaban J connectivity index is 1.66. The van der Waals surface area contributed by atoms with Crippen LogP contribution >= 0.6 is 11.8 Å². The number of ether oxygens (including phenoxy) is 2. The number of likely N-dealkylation sites (tertiary alicyclic amines) is 1. The standard InChI is InChI=1S/C19H25N3O2S/c1-4-25-19-20-10-14(11-21-19)12-22-9-8-15(13-22)16-6-5-7-17(23-2)18(16)24-3/h5-7,10-11,15H,4,8-9,12-13H2,1-3H3/t15-/m1/s1. The van der Waals surface area contributed by atoms with Crippen LogP contribution < -0.4 is 9.47 Å². The van der Waals surface area contributed by atoms with Crippen LogP contribution in [0.5, 0.6) is 11.5 Å².